The summed E-state index contributed by atoms with van der Waals surface area (Å²) in [6.07, 6.45) is 2.45. The first-order valence-electron chi connectivity index (χ1n) is 7.77. The van der Waals surface area contributed by atoms with E-state index in [1.807, 2.05) is 0 Å². The van der Waals surface area contributed by atoms with Crippen LogP contribution >= 0.6 is 0 Å². The SMILES string of the molecule is O=C(COC(=O)/C=C/c1ccc([N+](=O)[O-])cc1)Nc1ccc(OC(F)F)cc1. The van der Waals surface area contributed by atoms with E-state index in [9.17, 15) is 28.5 Å². The Labute approximate surface area is 157 Å². The first-order valence-corrected chi connectivity index (χ1v) is 7.77. The van der Waals surface area contributed by atoms with Gasteiger partial charge < -0.3 is 14.8 Å². The largest absolute Gasteiger partial charge is 0.452 e. The average Bonchev–Trinajstić information content (AvgIpc) is 2.66. The van der Waals surface area contributed by atoms with Crippen molar-refractivity contribution in [2.75, 3.05) is 11.9 Å². The van der Waals surface area contributed by atoms with E-state index in [-0.39, 0.29) is 11.4 Å². The van der Waals surface area contributed by atoms with Crippen molar-refractivity contribution in [2.24, 2.45) is 0 Å². The topological polar surface area (TPSA) is 108 Å². The van der Waals surface area contributed by atoms with Crippen molar-refractivity contribution in [2.45, 2.75) is 6.61 Å². The number of hydrogen-bond acceptors (Lipinski definition) is 6. The number of esters is 1. The molecule has 0 saturated carbocycles. The number of carbonyl (C=O) groups excluding carboxylic acids is 2. The molecule has 0 aromatic heterocycles. The molecule has 0 unspecified atom stereocenters. The van der Waals surface area contributed by atoms with E-state index in [0.29, 0.717) is 11.3 Å². The van der Waals surface area contributed by atoms with E-state index >= 15 is 0 Å². The van der Waals surface area contributed by atoms with Gasteiger partial charge in [0.2, 0.25) is 0 Å². The van der Waals surface area contributed by atoms with E-state index in [2.05, 4.69) is 10.1 Å². The molecule has 0 radical (unpaired) electrons. The van der Waals surface area contributed by atoms with E-state index in [1.54, 1.807) is 0 Å². The number of nitrogens with one attached hydrogen (secondary N) is 1. The highest BCUT2D eigenvalue weighted by Crippen LogP contribution is 2.17. The third kappa shape index (κ3) is 6.83. The number of nitro groups is 1. The quantitative estimate of drug-likeness (QED) is 0.319. The highest BCUT2D eigenvalue weighted by molar-refractivity contribution is 5.94. The maximum atomic E-state index is 12.1. The summed E-state index contributed by atoms with van der Waals surface area (Å²) >= 11 is 0. The zero-order valence-electron chi connectivity index (χ0n) is 14.2. The van der Waals surface area contributed by atoms with Crippen LogP contribution in [0.15, 0.2) is 54.6 Å². The van der Waals surface area contributed by atoms with Crippen molar-refractivity contribution in [3.63, 3.8) is 0 Å². The minimum atomic E-state index is -2.95. The lowest BCUT2D eigenvalue weighted by Gasteiger charge is -2.07. The van der Waals surface area contributed by atoms with Gasteiger partial charge in [-0.05, 0) is 48.0 Å². The first kappa shape index (κ1) is 20.5. The van der Waals surface area contributed by atoms with Crippen LogP contribution in [0, 0.1) is 10.1 Å². The fraction of sp³-hybridized carbons (Fsp3) is 0.111. The van der Waals surface area contributed by atoms with Crippen molar-refractivity contribution < 1.29 is 32.8 Å². The Bertz CT molecular complexity index is 867. The van der Waals surface area contributed by atoms with Crippen molar-refractivity contribution in [1.82, 2.24) is 0 Å². The van der Waals surface area contributed by atoms with Gasteiger partial charge in [0, 0.05) is 23.9 Å². The highest BCUT2D eigenvalue weighted by atomic mass is 19.3. The van der Waals surface area contributed by atoms with Gasteiger partial charge in [0.15, 0.2) is 6.61 Å². The van der Waals surface area contributed by atoms with Crippen molar-refractivity contribution in [1.29, 1.82) is 0 Å². The molecule has 0 spiro atoms. The van der Waals surface area contributed by atoms with Gasteiger partial charge >= 0.3 is 12.6 Å². The molecule has 2 aromatic rings. The summed E-state index contributed by atoms with van der Waals surface area (Å²) < 4.78 is 33.1. The monoisotopic (exact) mass is 392 g/mol. The van der Waals surface area contributed by atoms with Gasteiger partial charge in [-0.2, -0.15) is 8.78 Å². The molecular formula is C18H14F2N2O6. The van der Waals surface area contributed by atoms with Gasteiger partial charge in [-0.1, -0.05) is 0 Å². The average molecular weight is 392 g/mol. The van der Waals surface area contributed by atoms with Crippen LogP contribution in [0.25, 0.3) is 6.08 Å². The second kappa shape index (κ2) is 9.76. The normalized spacial score (nSPS) is 10.7. The van der Waals surface area contributed by atoms with Gasteiger partial charge in [-0.3, -0.25) is 14.9 Å². The van der Waals surface area contributed by atoms with E-state index < -0.39 is 30.0 Å². The number of anilines is 1. The minimum Gasteiger partial charge on any atom is -0.452 e. The number of non-ortho nitro benzene ring substituents is 1. The third-order valence-corrected chi connectivity index (χ3v) is 3.22. The molecule has 1 N–H and O–H groups in total. The maximum Gasteiger partial charge on any atom is 0.387 e. The Hall–Kier alpha value is -3.82. The molecular weight excluding hydrogens is 378 g/mol. The third-order valence-electron chi connectivity index (χ3n) is 3.22. The van der Waals surface area contributed by atoms with Crippen LogP contribution in [0.2, 0.25) is 0 Å². The van der Waals surface area contributed by atoms with Crippen LogP contribution in [0.1, 0.15) is 5.56 Å². The summed E-state index contributed by atoms with van der Waals surface area (Å²) in [5.74, 6) is -1.47. The number of halogens is 2. The predicted octanol–water partition coefficient (Wildman–Crippen LogP) is 3.39. The summed E-state index contributed by atoms with van der Waals surface area (Å²) in [5, 5.41) is 13.0. The van der Waals surface area contributed by atoms with E-state index in [4.69, 9.17) is 4.74 Å². The molecule has 8 nitrogen and oxygen atoms in total. The Morgan fingerprint density at radius 2 is 1.75 bits per heavy atom. The van der Waals surface area contributed by atoms with E-state index in [1.165, 1.54) is 54.6 Å². The molecule has 2 rings (SSSR count). The van der Waals surface area contributed by atoms with Gasteiger partial charge in [0.25, 0.3) is 11.6 Å². The van der Waals surface area contributed by atoms with Gasteiger partial charge in [-0.25, -0.2) is 4.79 Å². The second-order valence-electron chi connectivity index (χ2n) is 5.24. The van der Waals surface area contributed by atoms with Crippen LogP contribution in [0.5, 0.6) is 5.75 Å². The van der Waals surface area contributed by atoms with Crippen LogP contribution in [0.3, 0.4) is 0 Å². The number of rotatable bonds is 8. The fourth-order valence-corrected chi connectivity index (χ4v) is 1.97. The lowest BCUT2D eigenvalue weighted by Crippen LogP contribution is -2.20. The summed E-state index contributed by atoms with van der Waals surface area (Å²) in [6.45, 7) is -3.50. The number of nitro benzene ring substituents is 1. The molecule has 0 atom stereocenters. The number of ether oxygens (including phenoxy) is 2. The highest BCUT2D eigenvalue weighted by Gasteiger charge is 2.08. The second-order valence-corrected chi connectivity index (χ2v) is 5.24. The molecule has 0 aliphatic carbocycles. The van der Waals surface area contributed by atoms with Gasteiger partial charge in [-0.15, -0.1) is 0 Å². The molecule has 2 aromatic carbocycles. The minimum absolute atomic E-state index is 0.0594. The summed E-state index contributed by atoms with van der Waals surface area (Å²) in [7, 11) is 0. The number of hydrogen-bond donors (Lipinski definition) is 1. The smallest absolute Gasteiger partial charge is 0.387 e. The molecule has 1 amide bonds. The molecule has 146 valence electrons. The molecule has 0 heterocycles. The van der Waals surface area contributed by atoms with Gasteiger partial charge in [0.05, 0.1) is 4.92 Å². The summed E-state index contributed by atoms with van der Waals surface area (Å²) in [4.78, 5) is 33.4. The molecule has 28 heavy (non-hydrogen) atoms. The number of nitrogens with zero attached hydrogens (tertiary/aromatic N) is 1. The predicted molar refractivity (Wildman–Crippen MR) is 94.8 cm³/mol. The molecule has 0 aliphatic heterocycles. The summed E-state index contributed by atoms with van der Waals surface area (Å²) in [6, 6.07) is 10.7. The Balaban J connectivity index is 1.78. The lowest BCUT2D eigenvalue weighted by atomic mass is 10.2. The van der Waals surface area contributed by atoms with Crippen LogP contribution < -0.4 is 10.1 Å². The van der Waals surface area contributed by atoms with Crippen LogP contribution in [0.4, 0.5) is 20.2 Å². The number of carbonyl (C=O) groups is 2. The Kier molecular flexibility index (Phi) is 7.14. The lowest BCUT2D eigenvalue weighted by molar-refractivity contribution is -0.384. The van der Waals surface area contributed by atoms with Crippen molar-refractivity contribution in [3.05, 3.63) is 70.3 Å². The molecule has 0 aliphatic rings. The van der Waals surface area contributed by atoms with Gasteiger partial charge in [0.1, 0.15) is 5.75 Å². The zero-order chi connectivity index (χ0) is 20.5. The first-order chi connectivity index (χ1) is 13.3. The fourth-order valence-electron chi connectivity index (χ4n) is 1.97. The molecule has 10 heteroatoms. The van der Waals surface area contributed by atoms with Crippen LogP contribution in [-0.2, 0) is 14.3 Å². The van der Waals surface area contributed by atoms with Crippen molar-refractivity contribution >= 4 is 29.3 Å². The van der Waals surface area contributed by atoms with Crippen molar-refractivity contribution in [3.8, 4) is 5.75 Å². The Morgan fingerprint density at radius 1 is 1.11 bits per heavy atom. The zero-order valence-corrected chi connectivity index (χ0v) is 14.2. The molecule has 0 fully saturated rings. The maximum absolute atomic E-state index is 12.1. The molecule has 0 bridgehead atoms. The Morgan fingerprint density at radius 3 is 2.32 bits per heavy atom. The number of benzene rings is 2. The number of amides is 1. The molecule has 0 saturated heterocycles. The van der Waals surface area contributed by atoms with E-state index in [0.717, 1.165) is 6.08 Å². The summed E-state index contributed by atoms with van der Waals surface area (Å²) in [5.41, 5.74) is 0.771. The number of alkyl halides is 2. The standard InChI is InChI=1S/C18H14F2N2O6/c19-18(20)28-15-8-4-13(5-9-15)21-16(23)11-27-17(24)10-3-12-1-6-14(7-2-12)22(25)26/h1-10,18H,11H2,(H,21,23)/b10-3+. The van der Waals surface area contributed by atoms with Crippen LogP contribution in [-0.4, -0.2) is 30.0 Å².